The fourth-order valence-corrected chi connectivity index (χ4v) is 1.06. The Morgan fingerprint density at radius 3 is 1.83 bits per heavy atom. The molecule has 1 heteroatoms. The summed E-state index contributed by atoms with van der Waals surface area (Å²) in [5.74, 6) is 0. The summed E-state index contributed by atoms with van der Waals surface area (Å²) in [6, 6.07) is 0. The molecule has 39 valence electrons. The van der Waals surface area contributed by atoms with E-state index in [-0.39, 0.29) is 0 Å². The topological polar surface area (TPSA) is 0 Å². The minimum atomic E-state index is 1.21. The number of hydrogen-bond acceptors (Lipinski definition) is 0. The Morgan fingerprint density at radius 1 is 1.17 bits per heavy atom. The average Bonchev–Trinajstić information content (AvgIpc) is 1.86. The Bertz CT molecular complexity index is 58.3. The molecule has 0 aliphatic heterocycles. The van der Waals surface area contributed by atoms with Crippen LogP contribution in [0.4, 0.5) is 0 Å². The summed E-state index contributed by atoms with van der Waals surface area (Å²) in [5.41, 5.74) is 0. The van der Waals surface area contributed by atoms with Crippen LogP contribution in [0.1, 0.15) is 25.7 Å². The monoisotopic (exact) mass is 131 g/mol. The fourth-order valence-electron chi connectivity index (χ4n) is 0.732. The summed E-state index contributed by atoms with van der Waals surface area (Å²) < 4.78 is 1.27. The SMILES string of the molecule is [Cu]=[C]1CCCC1. The summed E-state index contributed by atoms with van der Waals surface area (Å²) >= 11 is 5.05. The van der Waals surface area contributed by atoms with Gasteiger partial charge in [0.2, 0.25) is 0 Å². The van der Waals surface area contributed by atoms with Crippen molar-refractivity contribution in [2.24, 2.45) is 0 Å². The standard InChI is InChI=1S/C5H8.Cu/c1-2-4-5-3-1;/h1-4H2;. The maximum atomic E-state index is 5.05. The van der Waals surface area contributed by atoms with E-state index in [9.17, 15) is 0 Å². The van der Waals surface area contributed by atoms with E-state index in [0.29, 0.717) is 0 Å². The van der Waals surface area contributed by atoms with Crippen molar-refractivity contribution in [3.8, 4) is 0 Å². The molecule has 1 aliphatic rings. The second-order valence-electron chi connectivity index (χ2n) is 1.67. The van der Waals surface area contributed by atoms with Crippen LogP contribution in [-0.2, 0) is 15.6 Å². The zero-order chi connectivity index (χ0) is 4.41. The molecule has 0 unspecified atom stereocenters. The predicted molar refractivity (Wildman–Crippen MR) is 23.5 cm³/mol. The molecule has 1 saturated carbocycles. The fraction of sp³-hybridized carbons (Fsp3) is 0.800. The summed E-state index contributed by atoms with van der Waals surface area (Å²) in [5, 5.41) is 0. The van der Waals surface area contributed by atoms with Crippen molar-refractivity contribution in [3.63, 3.8) is 0 Å². The van der Waals surface area contributed by atoms with Crippen molar-refractivity contribution in [1.29, 1.82) is 0 Å². The van der Waals surface area contributed by atoms with Crippen LogP contribution in [0.15, 0.2) is 0 Å². The van der Waals surface area contributed by atoms with Crippen LogP contribution in [0.3, 0.4) is 0 Å². The van der Waals surface area contributed by atoms with Crippen LogP contribution in [0.2, 0.25) is 0 Å². The molecule has 1 rings (SSSR count). The third-order valence-corrected chi connectivity index (χ3v) is 1.58. The molecule has 6 heavy (non-hydrogen) atoms. The first-order valence-corrected chi connectivity index (χ1v) is 2.83. The van der Waals surface area contributed by atoms with Gasteiger partial charge < -0.3 is 0 Å². The molecular formula is C5H8Cu. The molecule has 1 aliphatic carbocycles. The first kappa shape index (κ1) is 4.55. The normalized spacial score (nSPS) is 22.7. The average molecular weight is 132 g/mol. The molecular weight excluding hydrogens is 124 g/mol. The van der Waals surface area contributed by atoms with E-state index in [2.05, 4.69) is 0 Å². The van der Waals surface area contributed by atoms with Gasteiger partial charge in [0.15, 0.2) is 0 Å². The van der Waals surface area contributed by atoms with Crippen LogP contribution in [0.25, 0.3) is 0 Å². The van der Waals surface area contributed by atoms with Gasteiger partial charge >= 0.3 is 45.7 Å². The second-order valence-corrected chi connectivity index (χ2v) is 2.34. The van der Waals surface area contributed by atoms with Gasteiger partial charge in [0.05, 0.1) is 0 Å². The van der Waals surface area contributed by atoms with E-state index in [0.717, 1.165) is 0 Å². The van der Waals surface area contributed by atoms with Gasteiger partial charge in [-0.1, -0.05) is 0 Å². The molecule has 0 saturated heterocycles. The molecule has 0 nitrogen and oxygen atoms in total. The van der Waals surface area contributed by atoms with Crippen molar-refractivity contribution in [2.75, 3.05) is 0 Å². The van der Waals surface area contributed by atoms with Gasteiger partial charge in [-0.2, -0.15) is 0 Å². The molecule has 0 atom stereocenters. The first-order chi connectivity index (χ1) is 2.89. The third kappa shape index (κ3) is 0.924. The molecule has 0 amide bonds. The van der Waals surface area contributed by atoms with Crippen LogP contribution in [-0.4, -0.2) is 4.42 Å². The van der Waals surface area contributed by atoms with Crippen molar-refractivity contribution in [1.82, 2.24) is 0 Å². The Balaban J connectivity index is 2.37. The Kier molecular flexibility index (Phi) is 1.44. The van der Waals surface area contributed by atoms with Gasteiger partial charge in [-0.25, -0.2) is 0 Å². The van der Waals surface area contributed by atoms with Gasteiger partial charge in [-0.3, -0.25) is 0 Å². The van der Waals surface area contributed by atoms with Gasteiger partial charge in [0.1, 0.15) is 0 Å². The van der Waals surface area contributed by atoms with Gasteiger partial charge in [-0.15, -0.1) is 0 Å². The Hall–Kier alpha value is 0.389. The van der Waals surface area contributed by atoms with Crippen LogP contribution >= 0.6 is 0 Å². The van der Waals surface area contributed by atoms with Gasteiger partial charge in [0, 0.05) is 0 Å². The van der Waals surface area contributed by atoms with E-state index in [1.54, 1.807) is 0 Å². The van der Waals surface area contributed by atoms with Crippen LogP contribution in [0.5, 0.6) is 0 Å². The maximum absolute atomic E-state index is 5.05. The Morgan fingerprint density at radius 2 is 1.67 bits per heavy atom. The predicted octanol–water partition coefficient (Wildman–Crippen LogP) is 1.28. The van der Waals surface area contributed by atoms with Crippen molar-refractivity contribution >= 4 is 4.42 Å². The van der Waals surface area contributed by atoms with Gasteiger partial charge in [-0.05, 0) is 0 Å². The molecule has 1 fully saturated rings. The summed E-state index contributed by atoms with van der Waals surface area (Å²) in [6.07, 6.45) is 5.10. The molecule has 0 aromatic rings. The van der Waals surface area contributed by atoms with Crippen LogP contribution < -0.4 is 0 Å². The zero-order valence-electron chi connectivity index (χ0n) is 3.63. The Labute approximate surface area is 46.3 Å². The van der Waals surface area contributed by atoms with Crippen LogP contribution in [0, 0.1) is 0 Å². The quantitative estimate of drug-likeness (QED) is 0.435. The van der Waals surface area contributed by atoms with E-state index < -0.39 is 0 Å². The molecule has 0 radical (unpaired) electrons. The van der Waals surface area contributed by atoms with E-state index >= 15 is 0 Å². The molecule has 0 aromatic carbocycles. The van der Waals surface area contributed by atoms with Crippen molar-refractivity contribution in [2.45, 2.75) is 25.7 Å². The summed E-state index contributed by atoms with van der Waals surface area (Å²) in [4.78, 5) is 0. The van der Waals surface area contributed by atoms with E-state index in [1.807, 2.05) is 0 Å². The molecule has 0 spiro atoms. The third-order valence-electron chi connectivity index (χ3n) is 1.11. The number of rotatable bonds is 0. The second kappa shape index (κ2) is 1.90. The molecule has 0 heterocycles. The van der Waals surface area contributed by atoms with Crippen molar-refractivity contribution < 1.29 is 15.6 Å². The summed E-state index contributed by atoms with van der Waals surface area (Å²) in [6.45, 7) is 0. The molecule has 0 aromatic heterocycles. The molecule has 0 bridgehead atoms. The summed E-state index contributed by atoms with van der Waals surface area (Å²) in [7, 11) is 0. The minimum absolute atomic E-state index is 1.21. The van der Waals surface area contributed by atoms with E-state index in [4.69, 9.17) is 15.6 Å². The zero-order valence-corrected chi connectivity index (χ0v) is 4.57. The van der Waals surface area contributed by atoms with Crippen molar-refractivity contribution in [3.05, 3.63) is 0 Å². The van der Waals surface area contributed by atoms with Gasteiger partial charge in [0.25, 0.3) is 0 Å². The van der Waals surface area contributed by atoms with E-state index in [1.165, 1.54) is 30.1 Å². The molecule has 0 N–H and O–H groups in total. The first-order valence-electron chi connectivity index (χ1n) is 2.36. The number of hydrogen-bond donors (Lipinski definition) is 0.